The molecule has 1 aliphatic rings. The van der Waals surface area contributed by atoms with Crippen molar-refractivity contribution in [1.29, 1.82) is 0 Å². The van der Waals surface area contributed by atoms with E-state index in [1.807, 2.05) is 41.8 Å². The van der Waals surface area contributed by atoms with Gasteiger partial charge in [-0.3, -0.25) is 4.79 Å². The predicted molar refractivity (Wildman–Crippen MR) is 103 cm³/mol. The van der Waals surface area contributed by atoms with Gasteiger partial charge in [0.25, 0.3) is 0 Å². The Kier molecular flexibility index (Phi) is 4.97. The quantitative estimate of drug-likeness (QED) is 0.658. The van der Waals surface area contributed by atoms with E-state index in [4.69, 9.17) is 9.47 Å². The van der Waals surface area contributed by atoms with Gasteiger partial charge in [0, 0.05) is 23.9 Å². The summed E-state index contributed by atoms with van der Waals surface area (Å²) in [4.78, 5) is 12.3. The van der Waals surface area contributed by atoms with E-state index in [2.05, 4.69) is 15.5 Å². The summed E-state index contributed by atoms with van der Waals surface area (Å²) < 4.78 is 12.6. The van der Waals surface area contributed by atoms with Gasteiger partial charge in [0.2, 0.25) is 12.7 Å². The zero-order chi connectivity index (χ0) is 18.6. The molecule has 1 amide bonds. The number of anilines is 1. The highest BCUT2D eigenvalue weighted by Crippen LogP contribution is 2.34. The lowest BCUT2D eigenvalue weighted by Crippen LogP contribution is -2.14. The summed E-state index contributed by atoms with van der Waals surface area (Å²) in [6.07, 6.45) is 0. The lowest BCUT2D eigenvalue weighted by molar-refractivity contribution is -0.113. The summed E-state index contributed by atoms with van der Waals surface area (Å²) in [7, 11) is 0. The van der Waals surface area contributed by atoms with Crippen molar-refractivity contribution in [1.82, 2.24) is 14.8 Å². The minimum Gasteiger partial charge on any atom is -0.454 e. The van der Waals surface area contributed by atoms with E-state index in [0.29, 0.717) is 17.2 Å². The van der Waals surface area contributed by atoms with Gasteiger partial charge in [-0.2, -0.15) is 0 Å². The Labute approximate surface area is 160 Å². The van der Waals surface area contributed by atoms with Crippen molar-refractivity contribution in [2.45, 2.75) is 18.6 Å². The van der Waals surface area contributed by atoms with Crippen molar-refractivity contribution in [2.24, 2.45) is 0 Å². The van der Waals surface area contributed by atoms with Gasteiger partial charge in [-0.05, 0) is 19.1 Å². The molecule has 0 fully saturated rings. The van der Waals surface area contributed by atoms with E-state index >= 15 is 0 Å². The van der Waals surface area contributed by atoms with Crippen LogP contribution in [0.5, 0.6) is 11.5 Å². The molecule has 138 valence electrons. The smallest absolute Gasteiger partial charge is 0.234 e. The predicted octanol–water partition coefficient (Wildman–Crippen LogP) is 3.42. The van der Waals surface area contributed by atoms with Crippen molar-refractivity contribution in [3.8, 4) is 22.9 Å². The number of aromatic nitrogens is 3. The average molecular weight is 382 g/mol. The molecule has 0 bridgehead atoms. The summed E-state index contributed by atoms with van der Waals surface area (Å²) in [5.41, 5.74) is 1.68. The summed E-state index contributed by atoms with van der Waals surface area (Å²) >= 11 is 1.36. The van der Waals surface area contributed by atoms with Crippen molar-refractivity contribution < 1.29 is 14.3 Å². The first kappa shape index (κ1) is 17.4. The highest BCUT2D eigenvalue weighted by atomic mass is 32.2. The number of fused-ring (bicyclic) bond motifs is 1. The number of carbonyl (C=O) groups is 1. The van der Waals surface area contributed by atoms with Crippen molar-refractivity contribution in [3.63, 3.8) is 0 Å². The molecule has 0 saturated carbocycles. The van der Waals surface area contributed by atoms with Gasteiger partial charge in [-0.15, -0.1) is 10.2 Å². The number of ether oxygens (including phenoxy) is 2. The zero-order valence-corrected chi connectivity index (χ0v) is 15.5. The van der Waals surface area contributed by atoms with Crippen LogP contribution in [0.4, 0.5) is 5.69 Å². The summed E-state index contributed by atoms with van der Waals surface area (Å²) in [6, 6.07) is 15.2. The van der Waals surface area contributed by atoms with Gasteiger partial charge < -0.3 is 19.4 Å². The Balaban J connectivity index is 1.41. The highest BCUT2D eigenvalue weighted by Gasteiger charge is 2.16. The summed E-state index contributed by atoms with van der Waals surface area (Å²) in [5, 5.41) is 12.1. The van der Waals surface area contributed by atoms with Gasteiger partial charge in [0.1, 0.15) is 0 Å². The molecule has 1 N–H and O–H groups in total. The highest BCUT2D eigenvalue weighted by molar-refractivity contribution is 7.99. The summed E-state index contributed by atoms with van der Waals surface area (Å²) in [6.45, 7) is 2.97. The van der Waals surface area contributed by atoms with E-state index in [0.717, 1.165) is 23.1 Å². The second kappa shape index (κ2) is 7.71. The molecule has 2 aromatic carbocycles. The van der Waals surface area contributed by atoms with Crippen LogP contribution in [-0.4, -0.2) is 33.2 Å². The van der Waals surface area contributed by atoms with E-state index in [-0.39, 0.29) is 18.5 Å². The van der Waals surface area contributed by atoms with E-state index in [1.165, 1.54) is 11.8 Å². The second-order valence-corrected chi connectivity index (χ2v) is 6.76. The normalized spacial score (nSPS) is 12.2. The Morgan fingerprint density at radius 2 is 1.96 bits per heavy atom. The molecule has 3 aromatic rings. The Morgan fingerprint density at radius 1 is 1.15 bits per heavy atom. The molecule has 2 heterocycles. The third-order valence-corrected chi connectivity index (χ3v) is 5.02. The number of amides is 1. The number of hydrogen-bond donors (Lipinski definition) is 1. The van der Waals surface area contributed by atoms with Crippen LogP contribution >= 0.6 is 11.8 Å². The fourth-order valence-electron chi connectivity index (χ4n) is 2.78. The van der Waals surface area contributed by atoms with Crippen LogP contribution in [0.25, 0.3) is 11.4 Å². The van der Waals surface area contributed by atoms with Crippen LogP contribution in [0.1, 0.15) is 6.92 Å². The molecule has 8 heteroatoms. The lowest BCUT2D eigenvalue weighted by Gasteiger charge is -2.08. The van der Waals surface area contributed by atoms with Gasteiger partial charge >= 0.3 is 0 Å². The molecular weight excluding hydrogens is 364 g/mol. The minimum absolute atomic E-state index is 0.120. The monoisotopic (exact) mass is 382 g/mol. The van der Waals surface area contributed by atoms with Crippen molar-refractivity contribution in [2.75, 3.05) is 17.9 Å². The first-order valence-electron chi connectivity index (χ1n) is 8.55. The Bertz CT molecular complexity index is 959. The minimum atomic E-state index is -0.120. The van der Waals surface area contributed by atoms with E-state index in [9.17, 15) is 4.79 Å². The number of thioether (sulfide) groups is 1. The largest absolute Gasteiger partial charge is 0.454 e. The first-order valence-corrected chi connectivity index (χ1v) is 9.54. The summed E-state index contributed by atoms with van der Waals surface area (Å²) in [5.74, 6) is 2.24. The fourth-order valence-corrected chi connectivity index (χ4v) is 3.59. The average Bonchev–Trinajstić information content (AvgIpc) is 3.33. The number of carbonyl (C=O) groups excluding carboxylic acids is 1. The maximum absolute atomic E-state index is 12.3. The molecular formula is C19H18N4O3S. The number of benzene rings is 2. The van der Waals surface area contributed by atoms with Crippen molar-refractivity contribution >= 4 is 23.4 Å². The molecule has 1 aromatic heterocycles. The Morgan fingerprint density at radius 3 is 2.78 bits per heavy atom. The van der Waals surface area contributed by atoms with E-state index in [1.54, 1.807) is 18.2 Å². The maximum atomic E-state index is 12.3. The van der Waals surface area contributed by atoms with Crippen LogP contribution in [0.2, 0.25) is 0 Å². The Hall–Kier alpha value is -3.00. The number of nitrogens with zero attached hydrogens (tertiary/aromatic N) is 3. The maximum Gasteiger partial charge on any atom is 0.234 e. The molecule has 7 nitrogen and oxygen atoms in total. The molecule has 27 heavy (non-hydrogen) atoms. The third kappa shape index (κ3) is 3.75. The SMILES string of the molecule is CCn1c(SCC(=O)Nc2ccc3c(c2)OCO3)nnc1-c1ccccc1. The molecule has 1 aliphatic heterocycles. The zero-order valence-electron chi connectivity index (χ0n) is 14.7. The molecule has 0 spiro atoms. The van der Waals surface area contributed by atoms with Crippen LogP contribution in [0, 0.1) is 0 Å². The number of nitrogens with one attached hydrogen (secondary N) is 1. The number of hydrogen-bond acceptors (Lipinski definition) is 6. The van der Waals surface area contributed by atoms with Gasteiger partial charge in [-0.1, -0.05) is 42.1 Å². The molecule has 4 rings (SSSR count). The molecule has 0 unspecified atom stereocenters. The second-order valence-electron chi connectivity index (χ2n) is 5.82. The molecule has 0 radical (unpaired) electrons. The third-order valence-electron chi connectivity index (χ3n) is 4.05. The fraction of sp³-hybridized carbons (Fsp3) is 0.211. The van der Waals surface area contributed by atoms with Crippen LogP contribution < -0.4 is 14.8 Å². The van der Waals surface area contributed by atoms with Gasteiger partial charge in [-0.25, -0.2) is 0 Å². The van der Waals surface area contributed by atoms with Crippen molar-refractivity contribution in [3.05, 3.63) is 48.5 Å². The lowest BCUT2D eigenvalue weighted by atomic mass is 10.2. The van der Waals surface area contributed by atoms with Gasteiger partial charge in [0.05, 0.1) is 5.75 Å². The van der Waals surface area contributed by atoms with Crippen LogP contribution in [0.3, 0.4) is 0 Å². The van der Waals surface area contributed by atoms with Gasteiger partial charge in [0.15, 0.2) is 22.5 Å². The van der Waals surface area contributed by atoms with Crippen LogP contribution in [0.15, 0.2) is 53.7 Å². The number of rotatable bonds is 6. The molecule has 0 saturated heterocycles. The first-order chi connectivity index (χ1) is 13.2. The molecule has 0 aliphatic carbocycles. The van der Waals surface area contributed by atoms with E-state index < -0.39 is 0 Å². The standard InChI is InChI=1S/C19H18N4O3S/c1-2-23-18(13-6-4-3-5-7-13)21-22-19(23)27-11-17(24)20-14-8-9-15-16(10-14)26-12-25-15/h3-10H,2,11-12H2,1H3,(H,20,24). The molecule has 0 atom stereocenters. The topological polar surface area (TPSA) is 78.3 Å². The van der Waals surface area contributed by atoms with Crippen LogP contribution in [-0.2, 0) is 11.3 Å².